The second-order valence-electron chi connectivity index (χ2n) is 6.20. The lowest BCUT2D eigenvalue weighted by Crippen LogP contribution is -2.14. The molecule has 3 N–H and O–H groups in total. The van der Waals surface area contributed by atoms with Gasteiger partial charge in [-0.15, -0.1) is 0 Å². The number of aliphatic hydroxyl groups is 1. The number of carbonyl (C=O) groups is 2. The number of hydrogen-bond acceptors (Lipinski definition) is 6. The van der Waals surface area contributed by atoms with Gasteiger partial charge in [-0.05, 0) is 35.9 Å². The molecule has 0 radical (unpaired) electrons. The third-order valence-corrected chi connectivity index (χ3v) is 4.86. The molecule has 0 saturated carbocycles. The number of carboxylic acids is 1. The van der Waals surface area contributed by atoms with E-state index < -0.39 is 11.9 Å². The van der Waals surface area contributed by atoms with E-state index in [0.717, 1.165) is 0 Å². The summed E-state index contributed by atoms with van der Waals surface area (Å²) in [6.45, 7) is -0.175. The maximum absolute atomic E-state index is 12.9. The van der Waals surface area contributed by atoms with Crippen molar-refractivity contribution in [1.82, 2.24) is 4.98 Å². The minimum atomic E-state index is -1.18. The molecule has 0 aliphatic carbocycles. The van der Waals surface area contributed by atoms with E-state index in [0.29, 0.717) is 17.1 Å². The number of benzene rings is 2. The molecule has 8 nitrogen and oxygen atoms in total. The first-order valence-electron chi connectivity index (χ1n) is 8.77. The Balaban J connectivity index is 1.93. The van der Waals surface area contributed by atoms with E-state index in [1.807, 2.05) is 0 Å². The highest BCUT2D eigenvalue weighted by Crippen LogP contribution is 2.37. The van der Waals surface area contributed by atoms with Gasteiger partial charge in [-0.25, -0.2) is 9.78 Å². The second kappa shape index (κ2) is 9.65. The van der Waals surface area contributed by atoms with Crippen LogP contribution in [0.5, 0.6) is 17.2 Å². The van der Waals surface area contributed by atoms with Crippen molar-refractivity contribution in [2.75, 3.05) is 12.4 Å². The highest BCUT2D eigenvalue weighted by molar-refractivity contribution is 6.42. The lowest BCUT2D eigenvalue weighted by molar-refractivity contribution is 0.0690. The minimum absolute atomic E-state index is 0.0741. The van der Waals surface area contributed by atoms with Crippen LogP contribution in [0.25, 0.3) is 0 Å². The van der Waals surface area contributed by atoms with Gasteiger partial charge in [-0.1, -0.05) is 29.3 Å². The van der Waals surface area contributed by atoms with Crippen molar-refractivity contribution in [3.05, 3.63) is 75.5 Å². The summed E-state index contributed by atoms with van der Waals surface area (Å²) in [4.78, 5) is 27.5. The van der Waals surface area contributed by atoms with E-state index in [-0.39, 0.29) is 39.3 Å². The predicted octanol–water partition coefficient (Wildman–Crippen LogP) is 4.63. The number of nitrogens with zero attached hydrogens (tertiary/aromatic N) is 1. The molecule has 0 saturated heterocycles. The first-order chi connectivity index (χ1) is 14.8. The fraction of sp³-hybridized carbons (Fsp3) is 0.0952. The molecule has 0 aliphatic heterocycles. The fourth-order valence-electron chi connectivity index (χ4n) is 2.60. The van der Waals surface area contributed by atoms with Crippen LogP contribution >= 0.6 is 23.2 Å². The summed E-state index contributed by atoms with van der Waals surface area (Å²) in [7, 11) is 1.44. The maximum Gasteiger partial charge on any atom is 0.354 e. The van der Waals surface area contributed by atoms with Gasteiger partial charge < -0.3 is 25.0 Å². The quantitative estimate of drug-likeness (QED) is 0.468. The summed E-state index contributed by atoms with van der Waals surface area (Å²) in [6, 6.07) is 10.2. The van der Waals surface area contributed by atoms with Crippen LogP contribution < -0.4 is 14.8 Å². The molecule has 1 amide bonds. The standard InChI is InChI=1S/C21H16Cl2N2O6/c1-30-19-6-11(10-26)2-5-17(19)31-18-8-15(23)14(22)7-13(18)20(27)25-12-3-4-16(21(28)29)24-9-12/h2-9,26H,10H2,1H3,(H,25,27)(H,28,29). The van der Waals surface area contributed by atoms with Crippen LogP contribution in [-0.4, -0.2) is 34.2 Å². The van der Waals surface area contributed by atoms with Gasteiger partial charge in [0.2, 0.25) is 0 Å². The largest absolute Gasteiger partial charge is 0.493 e. The lowest BCUT2D eigenvalue weighted by atomic mass is 10.1. The minimum Gasteiger partial charge on any atom is -0.493 e. The number of carboxylic acid groups (broad SMARTS) is 1. The van der Waals surface area contributed by atoms with Crippen LogP contribution in [0.4, 0.5) is 5.69 Å². The van der Waals surface area contributed by atoms with Crippen molar-refractivity contribution in [2.24, 2.45) is 0 Å². The first kappa shape index (κ1) is 22.4. The van der Waals surface area contributed by atoms with Crippen LogP contribution in [0.15, 0.2) is 48.7 Å². The molecule has 3 rings (SSSR count). The number of aliphatic hydroxyl groups excluding tert-OH is 1. The Hall–Kier alpha value is -3.33. The zero-order valence-corrected chi connectivity index (χ0v) is 17.6. The van der Waals surface area contributed by atoms with E-state index in [1.54, 1.807) is 18.2 Å². The number of nitrogens with one attached hydrogen (secondary N) is 1. The number of aromatic carboxylic acids is 1. The first-order valence-corrected chi connectivity index (χ1v) is 9.53. The van der Waals surface area contributed by atoms with E-state index in [2.05, 4.69) is 10.3 Å². The average molecular weight is 463 g/mol. The normalized spacial score (nSPS) is 10.5. The molecule has 0 bridgehead atoms. The summed E-state index contributed by atoms with van der Waals surface area (Å²) in [6.07, 6.45) is 1.22. The van der Waals surface area contributed by atoms with Gasteiger partial charge in [0.05, 0.1) is 41.2 Å². The molecule has 1 heterocycles. The van der Waals surface area contributed by atoms with E-state index in [1.165, 1.54) is 37.6 Å². The molecular weight excluding hydrogens is 447 g/mol. The summed E-state index contributed by atoms with van der Waals surface area (Å²) in [5.74, 6) is -1.02. The van der Waals surface area contributed by atoms with Crippen LogP contribution in [0.3, 0.4) is 0 Å². The predicted molar refractivity (Wildman–Crippen MR) is 115 cm³/mol. The molecule has 0 fully saturated rings. The number of aromatic nitrogens is 1. The number of anilines is 1. The number of methoxy groups -OCH3 is 1. The number of hydrogen-bond donors (Lipinski definition) is 3. The van der Waals surface area contributed by atoms with Crippen molar-refractivity contribution >= 4 is 40.8 Å². The number of ether oxygens (including phenoxy) is 2. The Morgan fingerprint density at radius 2 is 1.77 bits per heavy atom. The molecule has 1 aromatic heterocycles. The molecular formula is C21H16Cl2N2O6. The number of amides is 1. The molecule has 0 spiro atoms. The maximum atomic E-state index is 12.9. The number of halogens is 2. The van der Waals surface area contributed by atoms with Gasteiger partial charge in [0, 0.05) is 6.07 Å². The van der Waals surface area contributed by atoms with E-state index in [4.69, 9.17) is 37.8 Å². The van der Waals surface area contributed by atoms with Crippen LogP contribution in [0.1, 0.15) is 26.4 Å². The molecule has 3 aromatic rings. The molecule has 31 heavy (non-hydrogen) atoms. The highest BCUT2D eigenvalue weighted by atomic mass is 35.5. The van der Waals surface area contributed by atoms with Crippen LogP contribution in [0, 0.1) is 0 Å². The summed E-state index contributed by atoms with van der Waals surface area (Å²) in [5, 5.41) is 21.1. The van der Waals surface area contributed by atoms with Crippen molar-refractivity contribution in [3.63, 3.8) is 0 Å². The van der Waals surface area contributed by atoms with Gasteiger partial charge >= 0.3 is 5.97 Å². The summed E-state index contributed by atoms with van der Waals surface area (Å²) in [5.41, 5.74) is 0.811. The number of carbonyl (C=O) groups excluding carboxylic acids is 1. The monoisotopic (exact) mass is 462 g/mol. The zero-order valence-electron chi connectivity index (χ0n) is 16.1. The molecule has 160 valence electrons. The SMILES string of the molecule is COc1cc(CO)ccc1Oc1cc(Cl)c(Cl)cc1C(=O)Nc1ccc(C(=O)O)nc1. The van der Waals surface area contributed by atoms with Crippen molar-refractivity contribution < 1.29 is 29.3 Å². The lowest BCUT2D eigenvalue weighted by Gasteiger charge is -2.15. The second-order valence-corrected chi connectivity index (χ2v) is 7.01. The molecule has 0 aliphatic rings. The Morgan fingerprint density at radius 3 is 2.39 bits per heavy atom. The van der Waals surface area contributed by atoms with Crippen molar-refractivity contribution in [1.29, 1.82) is 0 Å². The Kier molecular flexibility index (Phi) is 6.96. The van der Waals surface area contributed by atoms with Gasteiger partial charge in [-0.2, -0.15) is 0 Å². The average Bonchev–Trinajstić information content (AvgIpc) is 2.76. The molecule has 0 atom stereocenters. The fourth-order valence-corrected chi connectivity index (χ4v) is 2.91. The molecule has 10 heteroatoms. The van der Waals surface area contributed by atoms with Gasteiger partial charge in [0.25, 0.3) is 5.91 Å². The topological polar surface area (TPSA) is 118 Å². The van der Waals surface area contributed by atoms with Gasteiger partial charge in [-0.3, -0.25) is 4.79 Å². The Bertz CT molecular complexity index is 1140. The molecule has 2 aromatic carbocycles. The van der Waals surface area contributed by atoms with Crippen LogP contribution in [-0.2, 0) is 6.61 Å². The number of rotatable bonds is 7. The Morgan fingerprint density at radius 1 is 1.03 bits per heavy atom. The van der Waals surface area contributed by atoms with Crippen molar-refractivity contribution in [2.45, 2.75) is 6.61 Å². The third kappa shape index (κ3) is 5.24. The smallest absolute Gasteiger partial charge is 0.354 e. The number of pyridine rings is 1. The van der Waals surface area contributed by atoms with Crippen molar-refractivity contribution in [3.8, 4) is 17.2 Å². The van der Waals surface area contributed by atoms with E-state index >= 15 is 0 Å². The third-order valence-electron chi connectivity index (χ3n) is 4.14. The summed E-state index contributed by atoms with van der Waals surface area (Å²) >= 11 is 12.2. The van der Waals surface area contributed by atoms with Crippen LogP contribution in [0.2, 0.25) is 10.0 Å². The molecule has 0 unspecified atom stereocenters. The highest BCUT2D eigenvalue weighted by Gasteiger charge is 2.19. The van der Waals surface area contributed by atoms with Gasteiger partial charge in [0.1, 0.15) is 11.4 Å². The van der Waals surface area contributed by atoms with Gasteiger partial charge in [0.15, 0.2) is 11.5 Å². The van der Waals surface area contributed by atoms with E-state index in [9.17, 15) is 14.7 Å². The Labute approximate surface area is 187 Å². The zero-order chi connectivity index (χ0) is 22.5. The summed E-state index contributed by atoms with van der Waals surface area (Å²) < 4.78 is 11.2.